The first-order chi connectivity index (χ1) is 14.4. The molecule has 2 aliphatic rings. The van der Waals surface area contributed by atoms with Crippen molar-refractivity contribution in [2.24, 2.45) is 11.8 Å². The van der Waals surface area contributed by atoms with Crippen molar-refractivity contribution in [2.75, 3.05) is 18.4 Å². The van der Waals surface area contributed by atoms with Crippen molar-refractivity contribution in [3.8, 4) is 0 Å². The summed E-state index contributed by atoms with van der Waals surface area (Å²) in [6, 6.07) is 12.4. The van der Waals surface area contributed by atoms with Crippen LogP contribution >= 0.6 is 11.3 Å². The van der Waals surface area contributed by atoms with Gasteiger partial charge in [0.25, 0.3) is 0 Å². The number of thiophene rings is 1. The molecule has 3 atom stereocenters. The number of rotatable bonds is 5. The maximum Gasteiger partial charge on any atom is 0.393 e. The van der Waals surface area contributed by atoms with E-state index in [4.69, 9.17) is 0 Å². The van der Waals surface area contributed by atoms with Crippen molar-refractivity contribution in [3.63, 3.8) is 0 Å². The Bertz CT molecular complexity index is 1010. The number of fused-ring (bicyclic) bond motifs is 3. The molecule has 0 radical (unpaired) electrons. The van der Waals surface area contributed by atoms with E-state index in [1.165, 1.54) is 24.7 Å². The van der Waals surface area contributed by atoms with Gasteiger partial charge < -0.3 is 5.32 Å². The predicted molar refractivity (Wildman–Crippen MR) is 113 cm³/mol. The Morgan fingerprint density at radius 1 is 1.07 bits per heavy atom. The summed E-state index contributed by atoms with van der Waals surface area (Å²) >= 11 is 1.10. The Labute approximate surface area is 177 Å². The van der Waals surface area contributed by atoms with Gasteiger partial charge in [0.05, 0.1) is 11.8 Å². The first-order valence-electron chi connectivity index (χ1n) is 10.3. The molecule has 30 heavy (non-hydrogen) atoms. The summed E-state index contributed by atoms with van der Waals surface area (Å²) in [5.74, 6) is 1.71. The standard InChI is InChI=1S/C22H23F3N4S/c23-22(24,25)9-17-8-18-20(26-13-27-21(18)30-17)28-19-15-6-7-16(19)12-29(11-15)10-14-4-2-1-3-5-14/h1-5,8,13,15-16,19H,6-7,9-12H2,(H,26,27,28)/t15-,16+,19-. The maximum atomic E-state index is 12.8. The Morgan fingerprint density at radius 2 is 1.80 bits per heavy atom. The molecule has 1 saturated carbocycles. The smallest absolute Gasteiger partial charge is 0.366 e. The number of likely N-dealkylation sites (tertiary alicyclic amines) is 1. The molecule has 0 unspecified atom stereocenters. The van der Waals surface area contributed by atoms with Crippen LogP contribution in [0, 0.1) is 11.8 Å². The molecule has 158 valence electrons. The van der Waals surface area contributed by atoms with Crippen LogP contribution in [0.5, 0.6) is 0 Å². The van der Waals surface area contributed by atoms with Crippen LogP contribution in [0.25, 0.3) is 10.2 Å². The zero-order chi connectivity index (χ0) is 20.7. The molecule has 1 saturated heterocycles. The molecule has 0 amide bonds. The summed E-state index contributed by atoms with van der Waals surface area (Å²) < 4.78 is 38.4. The SMILES string of the molecule is FC(F)(F)Cc1cc2c(N[C@@H]3[C@@H]4CC[C@H]3CN(Cc3ccccc3)C4)ncnc2s1. The summed E-state index contributed by atoms with van der Waals surface area (Å²) in [5.41, 5.74) is 1.33. The summed E-state index contributed by atoms with van der Waals surface area (Å²) in [7, 11) is 0. The minimum atomic E-state index is -4.22. The molecular formula is C22H23F3N4S. The molecule has 0 spiro atoms. The number of nitrogens with one attached hydrogen (secondary N) is 1. The first kappa shape index (κ1) is 19.8. The Balaban J connectivity index is 1.31. The number of hydrogen-bond acceptors (Lipinski definition) is 5. The number of hydrogen-bond donors (Lipinski definition) is 1. The van der Waals surface area contributed by atoms with Crippen LogP contribution in [0.4, 0.5) is 19.0 Å². The Hall–Kier alpha value is -2.19. The van der Waals surface area contributed by atoms with E-state index in [0.717, 1.165) is 31.0 Å². The number of nitrogens with zero attached hydrogens (tertiary/aromatic N) is 3. The topological polar surface area (TPSA) is 41.0 Å². The van der Waals surface area contributed by atoms with Crippen LogP contribution in [0.15, 0.2) is 42.7 Å². The number of benzene rings is 1. The largest absolute Gasteiger partial charge is 0.393 e. The van der Waals surface area contributed by atoms with Crippen molar-refractivity contribution < 1.29 is 13.2 Å². The van der Waals surface area contributed by atoms with Crippen LogP contribution < -0.4 is 5.32 Å². The second kappa shape index (κ2) is 7.81. The van der Waals surface area contributed by atoms with Gasteiger partial charge in [-0.3, -0.25) is 4.90 Å². The molecule has 1 aromatic carbocycles. The molecule has 2 bridgehead atoms. The van der Waals surface area contributed by atoms with E-state index in [-0.39, 0.29) is 4.88 Å². The van der Waals surface area contributed by atoms with E-state index in [1.807, 2.05) is 6.07 Å². The molecule has 2 fully saturated rings. The Kier molecular flexibility index (Phi) is 5.14. The normalized spacial score (nSPS) is 24.4. The zero-order valence-corrected chi connectivity index (χ0v) is 17.2. The van der Waals surface area contributed by atoms with Gasteiger partial charge in [-0.2, -0.15) is 13.2 Å². The van der Waals surface area contributed by atoms with Crippen LogP contribution in [0.2, 0.25) is 0 Å². The predicted octanol–water partition coefficient (Wildman–Crippen LogP) is 5.12. The number of aromatic nitrogens is 2. The van der Waals surface area contributed by atoms with Gasteiger partial charge in [-0.05, 0) is 36.3 Å². The molecule has 8 heteroatoms. The lowest BCUT2D eigenvalue weighted by Gasteiger charge is -2.38. The number of piperidine rings is 1. The van der Waals surface area contributed by atoms with Gasteiger partial charge in [0.2, 0.25) is 0 Å². The zero-order valence-electron chi connectivity index (χ0n) is 16.4. The fourth-order valence-corrected chi connectivity index (χ4v) is 6.02. The lowest BCUT2D eigenvalue weighted by molar-refractivity contribution is -0.126. The minimum absolute atomic E-state index is 0.279. The van der Waals surface area contributed by atoms with E-state index < -0.39 is 12.6 Å². The van der Waals surface area contributed by atoms with Gasteiger partial charge >= 0.3 is 6.18 Å². The molecule has 2 aromatic heterocycles. The molecule has 3 aromatic rings. The number of alkyl halides is 3. The first-order valence-corrected chi connectivity index (χ1v) is 11.1. The van der Waals surface area contributed by atoms with Crippen molar-refractivity contribution >= 4 is 27.4 Å². The van der Waals surface area contributed by atoms with Gasteiger partial charge in [0.1, 0.15) is 17.0 Å². The third-order valence-electron chi connectivity index (χ3n) is 6.22. The summed E-state index contributed by atoms with van der Waals surface area (Å²) in [6.07, 6.45) is -1.34. The maximum absolute atomic E-state index is 12.8. The fourth-order valence-electron chi connectivity index (χ4n) is 4.99. The van der Waals surface area contributed by atoms with E-state index in [0.29, 0.717) is 33.9 Å². The van der Waals surface area contributed by atoms with Crippen LogP contribution in [-0.2, 0) is 13.0 Å². The summed E-state index contributed by atoms with van der Waals surface area (Å²) in [6.45, 7) is 3.02. The highest BCUT2D eigenvalue weighted by molar-refractivity contribution is 7.18. The second-order valence-electron chi connectivity index (χ2n) is 8.39. The Morgan fingerprint density at radius 3 is 2.50 bits per heavy atom. The third kappa shape index (κ3) is 4.16. The van der Waals surface area contributed by atoms with Gasteiger partial charge in [-0.15, -0.1) is 11.3 Å². The average Bonchev–Trinajstić information content (AvgIpc) is 3.19. The minimum Gasteiger partial charge on any atom is -0.366 e. The van der Waals surface area contributed by atoms with Crippen LogP contribution in [0.1, 0.15) is 23.3 Å². The summed E-state index contributed by atoms with van der Waals surface area (Å²) in [4.78, 5) is 12.0. The lowest BCUT2D eigenvalue weighted by Crippen LogP contribution is -2.47. The monoisotopic (exact) mass is 432 g/mol. The van der Waals surface area contributed by atoms with Gasteiger partial charge in [-0.25, -0.2) is 9.97 Å². The molecule has 1 aliphatic carbocycles. The molecule has 1 aliphatic heterocycles. The average molecular weight is 433 g/mol. The third-order valence-corrected chi connectivity index (χ3v) is 7.26. The van der Waals surface area contributed by atoms with E-state index in [2.05, 4.69) is 44.5 Å². The molecular weight excluding hydrogens is 409 g/mol. The summed E-state index contributed by atoms with van der Waals surface area (Å²) in [5, 5.41) is 4.30. The highest BCUT2D eigenvalue weighted by Gasteiger charge is 2.42. The fraction of sp³-hybridized carbons (Fsp3) is 0.455. The van der Waals surface area contributed by atoms with Crippen molar-refractivity contribution in [1.82, 2.24) is 14.9 Å². The van der Waals surface area contributed by atoms with Crippen molar-refractivity contribution in [3.05, 3.63) is 53.2 Å². The molecule has 5 rings (SSSR count). The highest BCUT2D eigenvalue weighted by Crippen LogP contribution is 2.40. The van der Waals surface area contributed by atoms with E-state index >= 15 is 0 Å². The van der Waals surface area contributed by atoms with Gasteiger partial charge in [0, 0.05) is 30.6 Å². The van der Waals surface area contributed by atoms with E-state index in [1.54, 1.807) is 6.07 Å². The quantitative estimate of drug-likeness (QED) is 0.608. The van der Waals surface area contributed by atoms with Gasteiger partial charge in [-0.1, -0.05) is 30.3 Å². The van der Waals surface area contributed by atoms with Crippen molar-refractivity contribution in [1.29, 1.82) is 0 Å². The van der Waals surface area contributed by atoms with Crippen LogP contribution in [0.3, 0.4) is 0 Å². The van der Waals surface area contributed by atoms with E-state index in [9.17, 15) is 13.2 Å². The van der Waals surface area contributed by atoms with Gasteiger partial charge in [0.15, 0.2) is 0 Å². The van der Waals surface area contributed by atoms with Crippen molar-refractivity contribution in [2.45, 2.75) is 38.0 Å². The second-order valence-corrected chi connectivity index (χ2v) is 9.51. The highest BCUT2D eigenvalue weighted by atomic mass is 32.1. The number of halogens is 3. The lowest BCUT2D eigenvalue weighted by atomic mass is 9.91. The van der Waals surface area contributed by atoms with Crippen LogP contribution in [-0.4, -0.2) is 40.2 Å². The molecule has 3 heterocycles. The molecule has 1 N–H and O–H groups in total. The molecule has 4 nitrogen and oxygen atoms in total. The number of anilines is 1.